The predicted molar refractivity (Wildman–Crippen MR) is 82.0 cm³/mol. The Balaban J connectivity index is 3.04. The van der Waals surface area contributed by atoms with Crippen molar-refractivity contribution in [2.45, 2.75) is 33.1 Å². The van der Waals surface area contributed by atoms with Gasteiger partial charge < -0.3 is 20.3 Å². The van der Waals surface area contributed by atoms with Crippen LogP contribution in [-0.2, 0) is 4.79 Å². The molecule has 0 amide bonds. The maximum absolute atomic E-state index is 11.1. The number of carbonyl (C=O) groups is 1. The zero-order chi connectivity index (χ0) is 15.8. The van der Waals surface area contributed by atoms with Crippen LogP contribution in [0.3, 0.4) is 0 Å². The highest BCUT2D eigenvalue weighted by Gasteiger charge is 2.23. The van der Waals surface area contributed by atoms with Gasteiger partial charge in [-0.3, -0.25) is 4.79 Å². The summed E-state index contributed by atoms with van der Waals surface area (Å²) >= 11 is 0. The van der Waals surface area contributed by atoms with Gasteiger partial charge in [0.2, 0.25) is 0 Å². The van der Waals surface area contributed by atoms with Crippen LogP contribution in [-0.4, -0.2) is 30.8 Å². The highest BCUT2D eigenvalue weighted by atomic mass is 16.5. The highest BCUT2D eigenvalue weighted by Crippen LogP contribution is 2.38. The van der Waals surface area contributed by atoms with Crippen LogP contribution >= 0.6 is 0 Å². The van der Waals surface area contributed by atoms with Gasteiger partial charge in [0.05, 0.1) is 19.1 Å². The van der Waals surface area contributed by atoms with Gasteiger partial charge >= 0.3 is 5.97 Å². The van der Waals surface area contributed by atoms with E-state index in [0.717, 1.165) is 5.56 Å². The van der Waals surface area contributed by atoms with Gasteiger partial charge in [-0.15, -0.1) is 0 Å². The minimum absolute atomic E-state index is 0.0246. The largest absolute Gasteiger partial charge is 0.490 e. The Bertz CT molecular complexity index is 462. The molecule has 1 aromatic rings. The van der Waals surface area contributed by atoms with E-state index in [9.17, 15) is 4.79 Å². The van der Waals surface area contributed by atoms with Gasteiger partial charge in [0, 0.05) is 12.1 Å². The smallest absolute Gasteiger partial charge is 0.307 e. The summed E-state index contributed by atoms with van der Waals surface area (Å²) in [7, 11) is 0. The SMILES string of the molecule is CCOc1cccc(C(C)CC(CN)C(=O)O)c1OCC. The van der Waals surface area contributed by atoms with E-state index in [2.05, 4.69) is 0 Å². The number of carboxylic acids is 1. The molecule has 0 aliphatic rings. The van der Waals surface area contributed by atoms with Crippen LogP contribution in [0, 0.1) is 5.92 Å². The van der Waals surface area contributed by atoms with E-state index in [1.807, 2.05) is 39.0 Å². The second-order valence-electron chi connectivity index (χ2n) is 4.95. The molecule has 1 rings (SSSR count). The normalized spacial score (nSPS) is 13.5. The summed E-state index contributed by atoms with van der Waals surface area (Å²) in [4.78, 5) is 11.1. The van der Waals surface area contributed by atoms with Gasteiger partial charge in [-0.25, -0.2) is 0 Å². The molecule has 0 bridgehead atoms. The van der Waals surface area contributed by atoms with E-state index in [4.69, 9.17) is 20.3 Å². The molecule has 0 aromatic heterocycles. The maximum atomic E-state index is 11.1. The number of rotatable bonds is 9. The quantitative estimate of drug-likeness (QED) is 0.732. The fraction of sp³-hybridized carbons (Fsp3) is 0.562. The average Bonchev–Trinajstić information content (AvgIpc) is 2.46. The van der Waals surface area contributed by atoms with Crippen molar-refractivity contribution in [2.75, 3.05) is 19.8 Å². The van der Waals surface area contributed by atoms with Crippen LogP contribution in [0.2, 0.25) is 0 Å². The molecule has 0 saturated heterocycles. The number of ether oxygens (including phenoxy) is 2. The predicted octanol–water partition coefficient (Wildman–Crippen LogP) is 2.64. The molecule has 118 valence electrons. The molecule has 0 aliphatic carbocycles. The van der Waals surface area contributed by atoms with Crippen molar-refractivity contribution in [1.29, 1.82) is 0 Å². The molecular weight excluding hydrogens is 270 g/mol. The first-order valence-electron chi connectivity index (χ1n) is 7.36. The van der Waals surface area contributed by atoms with E-state index in [1.165, 1.54) is 0 Å². The standard InChI is InChI=1S/C16H25NO4/c1-4-20-14-8-6-7-13(15(14)21-5-2)11(3)9-12(10-17)16(18)19/h6-8,11-12H,4-5,9-10,17H2,1-3H3,(H,18,19). The summed E-state index contributed by atoms with van der Waals surface area (Å²) in [6, 6.07) is 5.72. The summed E-state index contributed by atoms with van der Waals surface area (Å²) in [5.74, 6) is 0.0175. The second-order valence-corrected chi connectivity index (χ2v) is 4.95. The molecule has 0 saturated carbocycles. The molecule has 0 aliphatic heterocycles. The van der Waals surface area contributed by atoms with Crippen molar-refractivity contribution in [2.24, 2.45) is 11.7 Å². The molecule has 1 aromatic carbocycles. The first kappa shape index (κ1) is 17.3. The summed E-state index contributed by atoms with van der Waals surface area (Å²) in [6.07, 6.45) is 0.474. The van der Waals surface area contributed by atoms with E-state index >= 15 is 0 Å². The summed E-state index contributed by atoms with van der Waals surface area (Å²) < 4.78 is 11.3. The lowest BCUT2D eigenvalue weighted by atomic mass is 9.89. The number of hydrogen-bond donors (Lipinski definition) is 2. The first-order valence-corrected chi connectivity index (χ1v) is 7.36. The molecule has 0 radical (unpaired) electrons. The van der Waals surface area contributed by atoms with Crippen LogP contribution in [0.1, 0.15) is 38.7 Å². The summed E-state index contributed by atoms with van der Waals surface area (Å²) in [5.41, 5.74) is 6.50. The number of benzene rings is 1. The Morgan fingerprint density at radius 1 is 1.29 bits per heavy atom. The third-order valence-corrected chi connectivity index (χ3v) is 3.40. The number of nitrogens with two attached hydrogens (primary N) is 1. The lowest BCUT2D eigenvalue weighted by molar-refractivity contribution is -0.141. The van der Waals surface area contributed by atoms with Gasteiger partial charge in [-0.05, 0) is 32.3 Å². The lowest BCUT2D eigenvalue weighted by Crippen LogP contribution is -2.25. The van der Waals surface area contributed by atoms with Crippen molar-refractivity contribution in [3.8, 4) is 11.5 Å². The summed E-state index contributed by atoms with van der Waals surface area (Å²) in [6.45, 7) is 7.04. The van der Waals surface area contributed by atoms with E-state index in [1.54, 1.807) is 0 Å². The third-order valence-electron chi connectivity index (χ3n) is 3.40. The molecular formula is C16H25NO4. The van der Waals surface area contributed by atoms with Crippen LogP contribution in [0.4, 0.5) is 0 Å². The maximum Gasteiger partial charge on any atom is 0.307 e. The number of para-hydroxylation sites is 1. The van der Waals surface area contributed by atoms with E-state index < -0.39 is 11.9 Å². The van der Waals surface area contributed by atoms with Gasteiger partial charge in [-0.1, -0.05) is 19.1 Å². The Kier molecular flexibility index (Phi) is 7.02. The van der Waals surface area contributed by atoms with Gasteiger partial charge in [0.15, 0.2) is 11.5 Å². The summed E-state index contributed by atoms with van der Waals surface area (Å²) in [5, 5.41) is 9.14. The fourth-order valence-corrected chi connectivity index (χ4v) is 2.34. The van der Waals surface area contributed by atoms with Crippen molar-refractivity contribution in [3.05, 3.63) is 23.8 Å². The minimum Gasteiger partial charge on any atom is -0.490 e. The lowest BCUT2D eigenvalue weighted by Gasteiger charge is -2.21. The number of aliphatic carboxylic acids is 1. The van der Waals surface area contributed by atoms with Crippen LogP contribution in [0.5, 0.6) is 11.5 Å². The first-order chi connectivity index (χ1) is 10.0. The molecule has 3 N–H and O–H groups in total. The van der Waals surface area contributed by atoms with Gasteiger partial charge in [-0.2, -0.15) is 0 Å². The molecule has 2 atom stereocenters. The van der Waals surface area contributed by atoms with Crippen LogP contribution in [0.25, 0.3) is 0 Å². The van der Waals surface area contributed by atoms with Gasteiger partial charge in [0.25, 0.3) is 0 Å². The zero-order valence-corrected chi connectivity index (χ0v) is 13.0. The number of hydrogen-bond acceptors (Lipinski definition) is 4. The molecule has 5 nitrogen and oxygen atoms in total. The fourth-order valence-electron chi connectivity index (χ4n) is 2.34. The molecule has 0 spiro atoms. The van der Waals surface area contributed by atoms with E-state index in [0.29, 0.717) is 31.1 Å². The minimum atomic E-state index is -0.858. The Morgan fingerprint density at radius 3 is 2.48 bits per heavy atom. The third kappa shape index (κ3) is 4.63. The molecule has 21 heavy (non-hydrogen) atoms. The monoisotopic (exact) mass is 295 g/mol. The Morgan fingerprint density at radius 2 is 1.95 bits per heavy atom. The number of carboxylic acid groups (broad SMARTS) is 1. The average molecular weight is 295 g/mol. The topological polar surface area (TPSA) is 81.8 Å². The van der Waals surface area contributed by atoms with Crippen molar-refractivity contribution < 1.29 is 19.4 Å². The second kappa shape index (κ2) is 8.52. The van der Waals surface area contributed by atoms with Crippen molar-refractivity contribution >= 4 is 5.97 Å². The van der Waals surface area contributed by atoms with Crippen molar-refractivity contribution in [3.63, 3.8) is 0 Å². The Labute approximate surface area is 126 Å². The molecule has 0 heterocycles. The molecule has 5 heteroatoms. The highest BCUT2D eigenvalue weighted by molar-refractivity contribution is 5.70. The Hall–Kier alpha value is -1.75. The van der Waals surface area contributed by atoms with Crippen LogP contribution in [0.15, 0.2) is 18.2 Å². The van der Waals surface area contributed by atoms with Crippen LogP contribution < -0.4 is 15.2 Å². The van der Waals surface area contributed by atoms with Crippen molar-refractivity contribution in [1.82, 2.24) is 0 Å². The molecule has 2 unspecified atom stereocenters. The zero-order valence-electron chi connectivity index (χ0n) is 13.0. The van der Waals surface area contributed by atoms with Gasteiger partial charge in [0.1, 0.15) is 0 Å². The van der Waals surface area contributed by atoms with E-state index in [-0.39, 0.29) is 12.5 Å². The molecule has 0 fully saturated rings.